The number of ether oxygens (including phenoxy) is 1. The highest BCUT2D eigenvalue weighted by Crippen LogP contribution is 2.28. The van der Waals surface area contributed by atoms with Crippen LogP contribution in [0.5, 0.6) is 5.88 Å². The van der Waals surface area contributed by atoms with Crippen molar-refractivity contribution in [1.82, 2.24) is 15.3 Å². The summed E-state index contributed by atoms with van der Waals surface area (Å²) in [4.78, 5) is 8.24. The molecule has 0 aliphatic rings. The van der Waals surface area contributed by atoms with Crippen LogP contribution in [0.1, 0.15) is 17.3 Å². The molecule has 1 atom stereocenters. The fourth-order valence-corrected chi connectivity index (χ4v) is 2.39. The fourth-order valence-electron chi connectivity index (χ4n) is 1.96. The van der Waals surface area contributed by atoms with Gasteiger partial charge in [-0.2, -0.15) is 0 Å². The molecule has 1 N–H and O–H groups in total. The Morgan fingerprint density at radius 1 is 1.25 bits per heavy atom. The van der Waals surface area contributed by atoms with Gasteiger partial charge in [0.05, 0.1) is 7.11 Å². The van der Waals surface area contributed by atoms with Gasteiger partial charge >= 0.3 is 0 Å². The van der Waals surface area contributed by atoms with Crippen LogP contribution in [0.4, 0.5) is 0 Å². The molecule has 0 radical (unpaired) electrons. The van der Waals surface area contributed by atoms with Gasteiger partial charge in [0.15, 0.2) is 0 Å². The molecule has 1 aromatic carbocycles. The molecule has 0 bridgehead atoms. The van der Waals surface area contributed by atoms with Gasteiger partial charge in [-0.25, -0.2) is 9.97 Å². The Bertz CT molecular complexity index is 592. The molecule has 0 spiro atoms. The Morgan fingerprint density at radius 2 is 2.05 bits per heavy atom. The summed E-state index contributed by atoms with van der Waals surface area (Å²) in [5.74, 6) is 0.544. The Balaban J connectivity index is 2.26. The zero-order chi connectivity index (χ0) is 14.5. The second-order valence-electron chi connectivity index (χ2n) is 4.26. The Kier molecular flexibility index (Phi) is 5.17. The Morgan fingerprint density at radius 3 is 2.75 bits per heavy atom. The third-order valence-electron chi connectivity index (χ3n) is 3.00. The summed E-state index contributed by atoms with van der Waals surface area (Å²) in [6.07, 6.45) is 2.15. The molecule has 20 heavy (non-hydrogen) atoms. The van der Waals surface area contributed by atoms with E-state index in [1.807, 2.05) is 19.2 Å². The molecule has 2 rings (SSSR count). The molecule has 0 aliphatic heterocycles. The monoisotopic (exact) mass is 311 g/mol. The van der Waals surface area contributed by atoms with Crippen LogP contribution >= 0.6 is 23.2 Å². The van der Waals surface area contributed by atoms with E-state index in [-0.39, 0.29) is 6.04 Å². The lowest BCUT2D eigenvalue weighted by molar-refractivity contribution is 0.395. The third-order valence-corrected chi connectivity index (χ3v) is 3.58. The van der Waals surface area contributed by atoms with E-state index in [2.05, 4.69) is 15.3 Å². The summed E-state index contributed by atoms with van der Waals surface area (Å²) in [7, 11) is 3.45. The average molecular weight is 312 g/mol. The molecule has 0 aliphatic carbocycles. The minimum Gasteiger partial charge on any atom is -0.481 e. The first kappa shape index (κ1) is 15.0. The van der Waals surface area contributed by atoms with Crippen molar-refractivity contribution in [3.63, 3.8) is 0 Å². The molecule has 4 nitrogen and oxygen atoms in total. The number of hydrogen-bond acceptors (Lipinski definition) is 4. The zero-order valence-electron chi connectivity index (χ0n) is 11.2. The van der Waals surface area contributed by atoms with Crippen LogP contribution < -0.4 is 10.1 Å². The Hall–Kier alpha value is -1.36. The first-order valence-electron chi connectivity index (χ1n) is 6.11. The van der Waals surface area contributed by atoms with Gasteiger partial charge in [-0.15, -0.1) is 0 Å². The lowest BCUT2D eigenvalue weighted by atomic mass is 10.0. The molecule has 2 aromatic rings. The van der Waals surface area contributed by atoms with Crippen LogP contribution in [0.15, 0.2) is 30.6 Å². The number of aromatic nitrogens is 2. The van der Waals surface area contributed by atoms with E-state index >= 15 is 0 Å². The van der Waals surface area contributed by atoms with Gasteiger partial charge in [-0.05, 0) is 30.8 Å². The van der Waals surface area contributed by atoms with E-state index in [9.17, 15) is 0 Å². The van der Waals surface area contributed by atoms with E-state index in [0.717, 1.165) is 11.3 Å². The number of nitrogens with one attached hydrogen (secondary N) is 1. The number of benzene rings is 1. The van der Waals surface area contributed by atoms with E-state index in [1.54, 1.807) is 19.2 Å². The van der Waals surface area contributed by atoms with Gasteiger partial charge in [0.1, 0.15) is 6.33 Å². The molecule has 106 valence electrons. The predicted molar refractivity (Wildman–Crippen MR) is 80.6 cm³/mol. The van der Waals surface area contributed by atoms with Crippen molar-refractivity contribution in [3.8, 4) is 5.88 Å². The van der Waals surface area contributed by atoms with Gasteiger partial charge < -0.3 is 10.1 Å². The topological polar surface area (TPSA) is 47.0 Å². The lowest BCUT2D eigenvalue weighted by Gasteiger charge is -2.18. The number of nitrogens with zero attached hydrogens (tertiary/aromatic N) is 2. The first-order chi connectivity index (χ1) is 9.63. The van der Waals surface area contributed by atoms with Crippen LogP contribution in [0.3, 0.4) is 0 Å². The minimum absolute atomic E-state index is 0.0146. The summed E-state index contributed by atoms with van der Waals surface area (Å²) in [6.45, 7) is 0. The standard InChI is InChI=1S/C14H15Cl2N3O/c1-17-13(11-5-9(15)3-4-12(11)16)6-10-7-14(20-2)19-8-18-10/h3-5,7-8,13,17H,6H2,1-2H3. The van der Waals surface area contributed by atoms with E-state index in [0.29, 0.717) is 22.3 Å². The zero-order valence-corrected chi connectivity index (χ0v) is 12.7. The molecule has 1 aromatic heterocycles. The maximum atomic E-state index is 6.24. The molecule has 0 saturated heterocycles. The van der Waals surface area contributed by atoms with Crippen LogP contribution in [-0.4, -0.2) is 24.1 Å². The maximum absolute atomic E-state index is 6.24. The van der Waals surface area contributed by atoms with E-state index in [1.165, 1.54) is 6.33 Å². The summed E-state index contributed by atoms with van der Waals surface area (Å²) < 4.78 is 5.10. The molecule has 0 fully saturated rings. The second kappa shape index (κ2) is 6.88. The number of hydrogen-bond donors (Lipinski definition) is 1. The predicted octanol–water partition coefficient (Wildman–Crippen LogP) is 3.30. The van der Waals surface area contributed by atoms with Crippen molar-refractivity contribution >= 4 is 23.2 Å². The smallest absolute Gasteiger partial charge is 0.216 e. The number of rotatable bonds is 5. The largest absolute Gasteiger partial charge is 0.481 e. The lowest BCUT2D eigenvalue weighted by Crippen LogP contribution is -2.20. The molecular formula is C14H15Cl2N3O. The molecule has 1 heterocycles. The van der Waals surface area contributed by atoms with E-state index in [4.69, 9.17) is 27.9 Å². The van der Waals surface area contributed by atoms with Crippen LogP contribution in [-0.2, 0) is 6.42 Å². The highest BCUT2D eigenvalue weighted by Gasteiger charge is 2.15. The second-order valence-corrected chi connectivity index (χ2v) is 5.11. The summed E-state index contributed by atoms with van der Waals surface area (Å²) in [6, 6.07) is 7.25. The van der Waals surface area contributed by atoms with Crippen LogP contribution in [0, 0.1) is 0 Å². The maximum Gasteiger partial charge on any atom is 0.216 e. The third kappa shape index (κ3) is 3.60. The van der Waals surface area contributed by atoms with E-state index < -0.39 is 0 Å². The molecule has 0 amide bonds. The summed E-state index contributed by atoms with van der Waals surface area (Å²) in [5.41, 5.74) is 1.81. The summed E-state index contributed by atoms with van der Waals surface area (Å²) >= 11 is 12.3. The number of halogens is 2. The van der Waals surface area contributed by atoms with Crippen LogP contribution in [0.2, 0.25) is 10.0 Å². The van der Waals surface area contributed by atoms with Crippen molar-refractivity contribution in [1.29, 1.82) is 0 Å². The number of likely N-dealkylation sites (N-methyl/N-ethyl adjacent to an activating group) is 1. The molecule has 0 saturated carbocycles. The van der Waals surface area contributed by atoms with Gasteiger partial charge in [-0.3, -0.25) is 0 Å². The SMILES string of the molecule is CNC(Cc1cc(OC)ncn1)c1cc(Cl)ccc1Cl. The summed E-state index contributed by atoms with van der Waals surface area (Å²) in [5, 5.41) is 4.56. The van der Waals surface area contributed by atoms with Gasteiger partial charge in [0.25, 0.3) is 0 Å². The van der Waals surface area contributed by atoms with Crippen LogP contribution in [0.25, 0.3) is 0 Å². The van der Waals surface area contributed by atoms with Crippen molar-refractivity contribution in [2.24, 2.45) is 0 Å². The normalized spacial score (nSPS) is 12.2. The highest BCUT2D eigenvalue weighted by molar-refractivity contribution is 6.33. The van der Waals surface area contributed by atoms with Crippen molar-refractivity contribution in [2.45, 2.75) is 12.5 Å². The fraction of sp³-hybridized carbons (Fsp3) is 0.286. The molecule has 6 heteroatoms. The molecular weight excluding hydrogens is 297 g/mol. The van der Waals surface area contributed by atoms with Crippen molar-refractivity contribution in [3.05, 3.63) is 51.9 Å². The first-order valence-corrected chi connectivity index (χ1v) is 6.86. The quantitative estimate of drug-likeness (QED) is 0.920. The van der Waals surface area contributed by atoms with Gasteiger partial charge in [0, 0.05) is 34.3 Å². The average Bonchev–Trinajstić information content (AvgIpc) is 2.47. The van der Waals surface area contributed by atoms with Crippen molar-refractivity contribution < 1.29 is 4.74 Å². The van der Waals surface area contributed by atoms with Gasteiger partial charge in [-0.1, -0.05) is 23.2 Å². The van der Waals surface area contributed by atoms with Gasteiger partial charge in [0.2, 0.25) is 5.88 Å². The highest BCUT2D eigenvalue weighted by atomic mass is 35.5. The Labute approximate surface area is 128 Å². The minimum atomic E-state index is 0.0146. The van der Waals surface area contributed by atoms with Crippen molar-refractivity contribution in [2.75, 3.05) is 14.2 Å². The number of methoxy groups -OCH3 is 1. The molecule has 1 unspecified atom stereocenters.